The third-order valence-corrected chi connectivity index (χ3v) is 4.89. The van der Waals surface area contributed by atoms with E-state index < -0.39 is 0 Å². The first-order chi connectivity index (χ1) is 15.2. The summed E-state index contributed by atoms with van der Waals surface area (Å²) in [5, 5.41) is 2.92. The average Bonchev–Trinajstić information content (AvgIpc) is 3.21. The van der Waals surface area contributed by atoms with Crippen LogP contribution in [-0.2, 0) is 17.8 Å². The van der Waals surface area contributed by atoms with Gasteiger partial charge in [0.15, 0.2) is 11.5 Å². The van der Waals surface area contributed by atoms with Crippen molar-refractivity contribution in [1.82, 2.24) is 9.38 Å². The average molecular weight is 415 g/mol. The van der Waals surface area contributed by atoms with Crippen LogP contribution in [0.15, 0.2) is 73.1 Å². The minimum absolute atomic E-state index is 0.117. The molecule has 3 heterocycles. The minimum atomic E-state index is -0.117. The Morgan fingerprint density at radius 2 is 1.94 bits per heavy atom. The molecule has 2 aromatic heterocycles. The smallest absolute Gasteiger partial charge is 0.228 e. The molecule has 0 bridgehead atoms. The van der Waals surface area contributed by atoms with Crippen LogP contribution >= 0.6 is 0 Å². The fourth-order valence-corrected chi connectivity index (χ4v) is 3.47. The molecule has 2 aromatic carbocycles. The van der Waals surface area contributed by atoms with Crippen molar-refractivity contribution < 1.29 is 19.0 Å². The number of hydrogen-bond acceptors (Lipinski definition) is 5. The molecule has 4 aromatic rings. The molecule has 7 heteroatoms. The lowest BCUT2D eigenvalue weighted by molar-refractivity contribution is -0.115. The van der Waals surface area contributed by atoms with Crippen molar-refractivity contribution in [3.63, 3.8) is 0 Å². The molecule has 0 aliphatic carbocycles. The zero-order valence-corrected chi connectivity index (χ0v) is 16.8. The van der Waals surface area contributed by atoms with Gasteiger partial charge in [0.2, 0.25) is 5.91 Å². The summed E-state index contributed by atoms with van der Waals surface area (Å²) in [4.78, 5) is 17.0. The summed E-state index contributed by atoms with van der Waals surface area (Å²) in [6.45, 7) is 1.41. The number of nitrogens with one attached hydrogen (secondary N) is 1. The number of amides is 1. The maximum atomic E-state index is 12.5. The molecule has 1 aliphatic heterocycles. The molecular weight excluding hydrogens is 394 g/mol. The van der Waals surface area contributed by atoms with E-state index in [2.05, 4.69) is 10.3 Å². The Labute approximate surface area is 179 Å². The number of carbonyl (C=O) groups excluding carboxylic acids is 1. The Kier molecular flexibility index (Phi) is 5.14. The summed E-state index contributed by atoms with van der Waals surface area (Å²) in [7, 11) is 0. The molecule has 0 atom stereocenters. The van der Waals surface area contributed by atoms with E-state index in [1.54, 1.807) is 6.07 Å². The van der Waals surface area contributed by atoms with Gasteiger partial charge in [0.25, 0.3) is 0 Å². The van der Waals surface area contributed by atoms with Crippen LogP contribution in [0.1, 0.15) is 11.3 Å². The van der Waals surface area contributed by atoms with Crippen LogP contribution in [0.5, 0.6) is 17.2 Å². The van der Waals surface area contributed by atoms with Crippen molar-refractivity contribution in [3.05, 3.63) is 84.3 Å². The predicted octanol–water partition coefficient (Wildman–Crippen LogP) is 3.87. The summed E-state index contributed by atoms with van der Waals surface area (Å²) >= 11 is 0. The van der Waals surface area contributed by atoms with Crippen molar-refractivity contribution in [2.75, 3.05) is 18.5 Å². The second-order valence-corrected chi connectivity index (χ2v) is 7.22. The Morgan fingerprint density at radius 1 is 1.03 bits per heavy atom. The molecule has 1 aliphatic rings. The number of nitrogens with zero attached hydrogens (tertiary/aromatic N) is 2. The number of benzene rings is 2. The maximum Gasteiger partial charge on any atom is 0.228 e. The normalized spacial score (nSPS) is 12.5. The molecule has 0 spiro atoms. The molecule has 0 fully saturated rings. The molecule has 0 radical (unpaired) electrons. The summed E-state index contributed by atoms with van der Waals surface area (Å²) in [6, 6.07) is 18.7. The van der Waals surface area contributed by atoms with Gasteiger partial charge in [-0.2, -0.15) is 0 Å². The number of anilines is 1. The highest BCUT2D eigenvalue weighted by atomic mass is 16.6. The Bertz CT molecular complexity index is 1200. The van der Waals surface area contributed by atoms with Gasteiger partial charge in [-0.05, 0) is 42.0 Å². The SMILES string of the molecule is O=C(Cc1ccc2c(c1)OCCO2)Nc1cccc(OCc2cn3ccccc3n2)c1. The van der Waals surface area contributed by atoms with Gasteiger partial charge < -0.3 is 23.9 Å². The van der Waals surface area contributed by atoms with Crippen molar-refractivity contribution in [1.29, 1.82) is 0 Å². The standard InChI is InChI=1S/C24H21N3O4/c28-24(13-17-7-8-21-22(12-17)30-11-10-29-21)26-18-4-3-5-20(14-18)31-16-19-15-27-9-2-1-6-23(27)25-19/h1-9,12,14-15H,10-11,13,16H2,(H,26,28). The summed E-state index contributed by atoms with van der Waals surface area (Å²) in [6.07, 6.45) is 4.13. The zero-order valence-electron chi connectivity index (χ0n) is 16.8. The van der Waals surface area contributed by atoms with Gasteiger partial charge >= 0.3 is 0 Å². The van der Waals surface area contributed by atoms with Crippen LogP contribution in [-0.4, -0.2) is 28.5 Å². The van der Waals surface area contributed by atoms with Crippen LogP contribution < -0.4 is 19.5 Å². The van der Waals surface area contributed by atoms with Gasteiger partial charge in [0, 0.05) is 24.1 Å². The second kappa shape index (κ2) is 8.39. The minimum Gasteiger partial charge on any atom is -0.487 e. The number of aromatic nitrogens is 2. The maximum absolute atomic E-state index is 12.5. The van der Waals surface area contributed by atoms with Crippen LogP contribution in [0.4, 0.5) is 5.69 Å². The number of pyridine rings is 1. The Balaban J connectivity index is 1.20. The van der Waals surface area contributed by atoms with Crippen molar-refractivity contribution in [3.8, 4) is 17.2 Å². The van der Waals surface area contributed by atoms with Gasteiger partial charge in [-0.15, -0.1) is 0 Å². The van der Waals surface area contributed by atoms with E-state index in [1.807, 2.05) is 71.4 Å². The highest BCUT2D eigenvalue weighted by Crippen LogP contribution is 2.31. The second-order valence-electron chi connectivity index (χ2n) is 7.22. The first-order valence-electron chi connectivity index (χ1n) is 10.1. The third-order valence-electron chi connectivity index (χ3n) is 4.89. The molecule has 0 saturated heterocycles. The molecule has 0 saturated carbocycles. The molecular formula is C24H21N3O4. The number of rotatable bonds is 6. The fraction of sp³-hybridized carbons (Fsp3) is 0.167. The molecule has 5 rings (SSSR count). The lowest BCUT2D eigenvalue weighted by Crippen LogP contribution is -2.17. The fourth-order valence-electron chi connectivity index (χ4n) is 3.47. The monoisotopic (exact) mass is 415 g/mol. The van der Waals surface area contributed by atoms with Gasteiger partial charge in [0.1, 0.15) is 31.2 Å². The number of fused-ring (bicyclic) bond motifs is 2. The first-order valence-corrected chi connectivity index (χ1v) is 10.1. The molecule has 7 nitrogen and oxygen atoms in total. The lowest BCUT2D eigenvalue weighted by Gasteiger charge is -2.18. The number of carbonyl (C=O) groups is 1. The Hall–Kier alpha value is -4.00. The Morgan fingerprint density at radius 3 is 2.84 bits per heavy atom. The van der Waals surface area contributed by atoms with E-state index in [0.717, 1.165) is 16.9 Å². The van der Waals surface area contributed by atoms with Gasteiger partial charge in [0.05, 0.1) is 12.1 Å². The molecule has 156 valence electrons. The largest absolute Gasteiger partial charge is 0.487 e. The third kappa shape index (κ3) is 4.45. The van der Waals surface area contributed by atoms with E-state index in [9.17, 15) is 4.79 Å². The van der Waals surface area contributed by atoms with Crippen LogP contribution in [0.25, 0.3) is 5.65 Å². The lowest BCUT2D eigenvalue weighted by atomic mass is 10.1. The van der Waals surface area contributed by atoms with Crippen molar-refractivity contribution in [2.24, 2.45) is 0 Å². The topological polar surface area (TPSA) is 74.1 Å². The highest BCUT2D eigenvalue weighted by molar-refractivity contribution is 5.92. The highest BCUT2D eigenvalue weighted by Gasteiger charge is 2.13. The predicted molar refractivity (Wildman–Crippen MR) is 116 cm³/mol. The zero-order chi connectivity index (χ0) is 21.0. The summed E-state index contributed by atoms with van der Waals surface area (Å²) < 4.78 is 18.9. The van der Waals surface area contributed by atoms with E-state index in [1.165, 1.54) is 0 Å². The van der Waals surface area contributed by atoms with E-state index in [-0.39, 0.29) is 12.3 Å². The first kappa shape index (κ1) is 19.0. The summed E-state index contributed by atoms with van der Waals surface area (Å²) in [5.74, 6) is 1.94. The number of ether oxygens (including phenoxy) is 3. The van der Waals surface area contributed by atoms with Crippen LogP contribution in [0, 0.1) is 0 Å². The van der Waals surface area contributed by atoms with Crippen LogP contribution in [0.2, 0.25) is 0 Å². The number of hydrogen-bond donors (Lipinski definition) is 1. The molecule has 0 unspecified atom stereocenters. The van der Waals surface area contributed by atoms with Gasteiger partial charge in [-0.3, -0.25) is 4.79 Å². The van der Waals surface area contributed by atoms with E-state index >= 15 is 0 Å². The van der Waals surface area contributed by atoms with Gasteiger partial charge in [-0.1, -0.05) is 18.2 Å². The van der Waals surface area contributed by atoms with Crippen molar-refractivity contribution >= 4 is 17.2 Å². The molecule has 1 N–H and O–H groups in total. The quantitative estimate of drug-likeness (QED) is 0.518. The van der Waals surface area contributed by atoms with E-state index in [0.29, 0.717) is 42.8 Å². The number of imidazole rings is 1. The van der Waals surface area contributed by atoms with Gasteiger partial charge in [-0.25, -0.2) is 4.98 Å². The van der Waals surface area contributed by atoms with E-state index in [4.69, 9.17) is 14.2 Å². The van der Waals surface area contributed by atoms with Crippen LogP contribution in [0.3, 0.4) is 0 Å². The molecule has 1 amide bonds. The molecule has 31 heavy (non-hydrogen) atoms. The summed E-state index contributed by atoms with van der Waals surface area (Å²) in [5.41, 5.74) is 3.25. The van der Waals surface area contributed by atoms with Crippen molar-refractivity contribution in [2.45, 2.75) is 13.0 Å².